The molecule has 0 radical (unpaired) electrons. The van der Waals surface area contributed by atoms with Gasteiger partial charge in [-0.3, -0.25) is 4.79 Å². The molecule has 4 heteroatoms. The zero-order valence-electron chi connectivity index (χ0n) is 10.3. The molecule has 0 saturated heterocycles. The molecule has 1 aliphatic rings. The van der Waals surface area contributed by atoms with E-state index in [0.29, 0.717) is 6.54 Å². The first kappa shape index (κ1) is 11.0. The summed E-state index contributed by atoms with van der Waals surface area (Å²) in [6, 6.07) is 7.84. The smallest absolute Gasteiger partial charge is 0.254 e. The topological polar surface area (TPSA) is 38.1 Å². The van der Waals surface area contributed by atoms with Crippen LogP contribution in [-0.4, -0.2) is 26.9 Å². The highest BCUT2D eigenvalue weighted by Gasteiger charge is 2.24. The van der Waals surface area contributed by atoms with Crippen molar-refractivity contribution in [3.05, 3.63) is 53.6 Å². The average molecular weight is 241 g/mol. The van der Waals surface area contributed by atoms with E-state index in [4.69, 9.17) is 0 Å². The van der Waals surface area contributed by atoms with E-state index in [1.165, 1.54) is 0 Å². The number of carbonyl (C=O) groups excluding carboxylic acids is 1. The number of fused-ring (bicyclic) bond motifs is 1. The van der Waals surface area contributed by atoms with E-state index >= 15 is 0 Å². The fourth-order valence-corrected chi connectivity index (χ4v) is 2.34. The Balaban J connectivity index is 1.85. The molecule has 1 aliphatic heterocycles. The predicted octanol–water partition coefficient (Wildman–Crippen LogP) is 1.62. The van der Waals surface area contributed by atoms with E-state index in [0.717, 1.165) is 29.9 Å². The minimum absolute atomic E-state index is 0.111. The Bertz CT molecular complexity index is 588. The average Bonchev–Trinajstić information content (AvgIpc) is 2.79. The maximum atomic E-state index is 12.3. The molecule has 92 valence electrons. The molecule has 0 spiro atoms. The molecule has 3 rings (SSSR count). The van der Waals surface area contributed by atoms with Crippen LogP contribution in [0.25, 0.3) is 0 Å². The summed E-state index contributed by atoms with van der Waals surface area (Å²) in [6.45, 7) is 1.35. The van der Waals surface area contributed by atoms with Crippen LogP contribution in [0.1, 0.15) is 21.7 Å². The SMILES string of the molecule is Cn1ccnc1CN1CCc2ccccc2C1=O. The molecule has 18 heavy (non-hydrogen) atoms. The summed E-state index contributed by atoms with van der Waals surface area (Å²) in [7, 11) is 1.95. The van der Waals surface area contributed by atoms with Crippen molar-refractivity contribution in [2.75, 3.05) is 6.54 Å². The second-order valence-electron chi connectivity index (χ2n) is 4.59. The van der Waals surface area contributed by atoms with Gasteiger partial charge in [-0.1, -0.05) is 18.2 Å². The van der Waals surface area contributed by atoms with Gasteiger partial charge in [0.25, 0.3) is 5.91 Å². The van der Waals surface area contributed by atoms with E-state index in [-0.39, 0.29) is 5.91 Å². The molecule has 0 N–H and O–H groups in total. The van der Waals surface area contributed by atoms with E-state index < -0.39 is 0 Å². The molecular formula is C14H15N3O. The van der Waals surface area contributed by atoms with Crippen molar-refractivity contribution in [3.8, 4) is 0 Å². The number of aromatic nitrogens is 2. The molecule has 2 aromatic rings. The normalized spacial score (nSPS) is 14.7. The first-order chi connectivity index (χ1) is 8.75. The largest absolute Gasteiger partial charge is 0.337 e. The van der Waals surface area contributed by atoms with Gasteiger partial charge in [-0.2, -0.15) is 0 Å². The number of aryl methyl sites for hydroxylation is 1. The summed E-state index contributed by atoms with van der Waals surface area (Å²) in [5.74, 6) is 1.03. The molecular weight excluding hydrogens is 226 g/mol. The Morgan fingerprint density at radius 3 is 2.94 bits per heavy atom. The molecule has 1 aromatic carbocycles. The minimum Gasteiger partial charge on any atom is -0.337 e. The van der Waals surface area contributed by atoms with Crippen molar-refractivity contribution in [2.24, 2.45) is 7.05 Å². The Hall–Kier alpha value is -2.10. The third-order valence-corrected chi connectivity index (χ3v) is 3.44. The summed E-state index contributed by atoms with van der Waals surface area (Å²) >= 11 is 0. The number of hydrogen-bond acceptors (Lipinski definition) is 2. The number of rotatable bonds is 2. The molecule has 0 bridgehead atoms. The second kappa shape index (κ2) is 4.29. The Labute approximate surface area is 106 Å². The molecule has 0 fully saturated rings. The lowest BCUT2D eigenvalue weighted by Crippen LogP contribution is -2.37. The Morgan fingerprint density at radius 2 is 2.17 bits per heavy atom. The van der Waals surface area contributed by atoms with Crippen LogP contribution < -0.4 is 0 Å². The predicted molar refractivity (Wildman–Crippen MR) is 68.1 cm³/mol. The van der Waals surface area contributed by atoms with E-state index in [1.54, 1.807) is 6.20 Å². The van der Waals surface area contributed by atoms with Crippen LogP contribution in [0.4, 0.5) is 0 Å². The van der Waals surface area contributed by atoms with Gasteiger partial charge in [0.05, 0.1) is 6.54 Å². The van der Waals surface area contributed by atoms with Gasteiger partial charge >= 0.3 is 0 Å². The zero-order valence-corrected chi connectivity index (χ0v) is 10.3. The van der Waals surface area contributed by atoms with Gasteiger partial charge in [0.2, 0.25) is 0 Å². The maximum absolute atomic E-state index is 12.3. The second-order valence-corrected chi connectivity index (χ2v) is 4.59. The molecule has 4 nitrogen and oxygen atoms in total. The first-order valence-electron chi connectivity index (χ1n) is 6.09. The number of amides is 1. The highest BCUT2D eigenvalue weighted by molar-refractivity contribution is 5.96. The fraction of sp³-hybridized carbons (Fsp3) is 0.286. The van der Waals surface area contributed by atoms with Gasteiger partial charge in [0.1, 0.15) is 5.82 Å². The Kier molecular flexibility index (Phi) is 2.63. The number of benzene rings is 1. The minimum atomic E-state index is 0.111. The number of hydrogen-bond donors (Lipinski definition) is 0. The van der Waals surface area contributed by atoms with Crippen LogP contribution in [0.5, 0.6) is 0 Å². The lowest BCUT2D eigenvalue weighted by atomic mass is 9.99. The van der Waals surface area contributed by atoms with E-state index in [2.05, 4.69) is 4.98 Å². The van der Waals surface area contributed by atoms with Crippen LogP contribution in [0.3, 0.4) is 0 Å². The van der Waals surface area contributed by atoms with Crippen LogP contribution in [0.2, 0.25) is 0 Å². The van der Waals surface area contributed by atoms with Crippen LogP contribution in [0, 0.1) is 0 Å². The molecule has 1 aromatic heterocycles. The number of nitrogens with zero attached hydrogens (tertiary/aromatic N) is 3. The lowest BCUT2D eigenvalue weighted by molar-refractivity contribution is 0.0721. The van der Waals surface area contributed by atoms with Crippen molar-refractivity contribution in [1.29, 1.82) is 0 Å². The van der Waals surface area contributed by atoms with Crippen molar-refractivity contribution in [1.82, 2.24) is 14.5 Å². The highest BCUT2D eigenvalue weighted by atomic mass is 16.2. The molecule has 0 atom stereocenters. The third-order valence-electron chi connectivity index (χ3n) is 3.44. The number of imidazole rings is 1. The van der Waals surface area contributed by atoms with Gasteiger partial charge < -0.3 is 9.47 Å². The lowest BCUT2D eigenvalue weighted by Gasteiger charge is -2.28. The highest BCUT2D eigenvalue weighted by Crippen LogP contribution is 2.19. The van der Waals surface area contributed by atoms with Crippen molar-refractivity contribution in [2.45, 2.75) is 13.0 Å². The summed E-state index contributed by atoms with van der Waals surface area (Å²) in [4.78, 5) is 18.5. The maximum Gasteiger partial charge on any atom is 0.254 e. The summed E-state index contributed by atoms with van der Waals surface area (Å²) in [5, 5.41) is 0. The molecule has 0 saturated carbocycles. The first-order valence-corrected chi connectivity index (χ1v) is 6.09. The number of carbonyl (C=O) groups is 1. The van der Waals surface area contributed by atoms with Crippen molar-refractivity contribution in [3.63, 3.8) is 0 Å². The third kappa shape index (κ3) is 1.79. The van der Waals surface area contributed by atoms with Crippen molar-refractivity contribution >= 4 is 5.91 Å². The van der Waals surface area contributed by atoms with Gasteiger partial charge in [0.15, 0.2) is 0 Å². The van der Waals surface area contributed by atoms with Crippen molar-refractivity contribution < 1.29 is 4.79 Å². The fourth-order valence-electron chi connectivity index (χ4n) is 2.34. The molecule has 0 aliphatic carbocycles. The Morgan fingerprint density at radius 1 is 1.33 bits per heavy atom. The standard InChI is InChI=1S/C14H15N3O/c1-16-9-7-15-13(16)10-17-8-6-11-4-2-3-5-12(11)14(17)18/h2-5,7,9H,6,8,10H2,1H3. The van der Waals surface area contributed by atoms with Gasteiger partial charge in [-0.25, -0.2) is 4.98 Å². The monoisotopic (exact) mass is 241 g/mol. The van der Waals surface area contributed by atoms with Gasteiger partial charge in [0, 0.05) is 31.5 Å². The molecule has 0 unspecified atom stereocenters. The van der Waals surface area contributed by atoms with Gasteiger partial charge in [-0.05, 0) is 18.1 Å². The van der Waals surface area contributed by atoms with Crippen LogP contribution in [-0.2, 0) is 20.0 Å². The van der Waals surface area contributed by atoms with Gasteiger partial charge in [-0.15, -0.1) is 0 Å². The summed E-state index contributed by atoms with van der Waals surface area (Å²) < 4.78 is 1.95. The molecule has 2 heterocycles. The summed E-state index contributed by atoms with van der Waals surface area (Å²) in [6.07, 6.45) is 4.59. The quantitative estimate of drug-likeness (QED) is 0.801. The summed E-state index contributed by atoms with van der Waals surface area (Å²) in [5.41, 5.74) is 1.98. The van der Waals surface area contributed by atoms with Crippen LogP contribution >= 0.6 is 0 Å². The van der Waals surface area contributed by atoms with E-state index in [9.17, 15) is 4.79 Å². The zero-order chi connectivity index (χ0) is 12.5. The van der Waals surface area contributed by atoms with Crippen LogP contribution in [0.15, 0.2) is 36.7 Å². The van der Waals surface area contributed by atoms with E-state index in [1.807, 2.05) is 47.0 Å². The molecule has 1 amide bonds.